The van der Waals surface area contributed by atoms with E-state index in [1.807, 2.05) is 13.8 Å². The van der Waals surface area contributed by atoms with Crippen LogP contribution in [0.1, 0.15) is 40.0 Å². The summed E-state index contributed by atoms with van der Waals surface area (Å²) in [5, 5.41) is 11.2. The second-order valence-corrected chi connectivity index (χ2v) is 12.8. The maximum atomic E-state index is 12.7. The Morgan fingerprint density at radius 1 is 1.33 bits per heavy atom. The standard InChI is InChI=1S/C21H24NO8PS.Na/c1-9(2)19-15(32-8-22)14-21(28-14)18(3)5-4-10-11(7-26-16(10)23)12(18)6-13-20(21,27-13)17(19)29-31(24,25)30-19;/h9,12-15,17H,4-7H2,1-3H3,(H,24,25);/q;+1/p-1/t12?,13-,14+,15+,17+,18-,19?,20+,21+;/m0./s1. The van der Waals surface area contributed by atoms with Crippen molar-refractivity contribution in [1.29, 1.82) is 5.26 Å². The fraction of sp³-hybridized carbons (Fsp3) is 0.810. The molecule has 0 bridgehead atoms. The van der Waals surface area contributed by atoms with Crippen molar-refractivity contribution in [3.8, 4) is 5.40 Å². The molecule has 12 heteroatoms. The van der Waals surface area contributed by atoms with Crippen molar-refractivity contribution in [1.82, 2.24) is 0 Å². The number of thiocyanates is 1. The molecule has 0 amide bonds. The summed E-state index contributed by atoms with van der Waals surface area (Å²) in [6.45, 7) is 6.23. The van der Waals surface area contributed by atoms with E-state index < -0.39 is 47.5 Å². The first kappa shape index (κ1) is 23.5. The van der Waals surface area contributed by atoms with Gasteiger partial charge in [-0.15, -0.1) is 0 Å². The molecule has 3 saturated heterocycles. The van der Waals surface area contributed by atoms with E-state index in [2.05, 4.69) is 12.3 Å². The van der Waals surface area contributed by atoms with E-state index in [1.54, 1.807) is 0 Å². The van der Waals surface area contributed by atoms with E-state index in [9.17, 15) is 19.5 Å². The number of nitrogens with zero attached hydrogens (tertiary/aromatic N) is 1. The van der Waals surface area contributed by atoms with Gasteiger partial charge in [-0.1, -0.05) is 20.8 Å². The van der Waals surface area contributed by atoms with Gasteiger partial charge < -0.3 is 28.2 Å². The average Bonchev–Trinajstić information content (AvgIpc) is 3.57. The van der Waals surface area contributed by atoms with Gasteiger partial charge in [0.05, 0.1) is 11.4 Å². The van der Waals surface area contributed by atoms with E-state index >= 15 is 0 Å². The van der Waals surface area contributed by atoms with Gasteiger partial charge >= 0.3 is 35.5 Å². The van der Waals surface area contributed by atoms with Gasteiger partial charge in [0.2, 0.25) is 0 Å². The second-order valence-electron chi connectivity index (χ2n) is 10.6. The Hall–Kier alpha value is 0.0800. The Bertz CT molecular complexity index is 1110. The summed E-state index contributed by atoms with van der Waals surface area (Å²) in [5.41, 5.74) is -1.60. The largest absolute Gasteiger partial charge is 1.00 e. The number of nitriles is 1. The van der Waals surface area contributed by atoms with Gasteiger partial charge in [0.1, 0.15) is 35.4 Å². The number of phosphoric acid groups is 1. The molecule has 10 atom stereocenters. The zero-order valence-corrected chi connectivity index (χ0v) is 22.6. The molecule has 3 unspecified atom stereocenters. The third-order valence-corrected chi connectivity index (χ3v) is 11.5. The number of esters is 1. The molecule has 172 valence electrons. The number of carbonyl (C=O) groups excluding carboxylic acids is 1. The fourth-order valence-corrected chi connectivity index (χ4v) is 10.8. The zero-order chi connectivity index (χ0) is 22.5. The van der Waals surface area contributed by atoms with Crippen LogP contribution in [0.5, 0.6) is 0 Å². The number of hydrogen-bond acceptors (Lipinski definition) is 10. The molecule has 5 fully saturated rings. The summed E-state index contributed by atoms with van der Waals surface area (Å²) in [4.78, 5) is 24.9. The Balaban J connectivity index is 0.00000206. The van der Waals surface area contributed by atoms with Crippen LogP contribution < -0.4 is 34.5 Å². The summed E-state index contributed by atoms with van der Waals surface area (Å²) in [6, 6.07) is 0. The van der Waals surface area contributed by atoms with Crippen LogP contribution in [0.15, 0.2) is 11.1 Å². The topological polar surface area (TPSA) is 134 Å². The predicted octanol–water partition coefficient (Wildman–Crippen LogP) is -1.19. The zero-order valence-electron chi connectivity index (χ0n) is 18.9. The van der Waals surface area contributed by atoms with Crippen molar-refractivity contribution in [2.24, 2.45) is 17.3 Å². The number of rotatable bonds is 2. The van der Waals surface area contributed by atoms with E-state index in [0.717, 1.165) is 22.9 Å². The molecule has 0 aromatic rings. The van der Waals surface area contributed by atoms with Crippen LogP contribution in [0.3, 0.4) is 0 Å². The number of epoxide rings is 2. The molecule has 7 aliphatic rings. The summed E-state index contributed by atoms with van der Waals surface area (Å²) in [7, 11) is -4.58. The Morgan fingerprint density at radius 3 is 2.79 bits per heavy atom. The normalized spacial score (nSPS) is 56.8. The van der Waals surface area contributed by atoms with Crippen LogP contribution in [0, 0.1) is 27.9 Å². The maximum absolute atomic E-state index is 12.7. The van der Waals surface area contributed by atoms with Crippen LogP contribution in [-0.4, -0.2) is 52.9 Å². The number of fused-ring (bicyclic) bond motifs is 3. The fourth-order valence-electron chi connectivity index (χ4n) is 8.14. The molecule has 9 nitrogen and oxygen atoms in total. The van der Waals surface area contributed by atoms with Crippen LogP contribution in [0.4, 0.5) is 0 Å². The Kier molecular flexibility index (Phi) is 4.76. The van der Waals surface area contributed by atoms with Crippen LogP contribution in [-0.2, 0) is 32.6 Å². The maximum Gasteiger partial charge on any atom is 1.00 e. The van der Waals surface area contributed by atoms with E-state index in [0.29, 0.717) is 25.9 Å². The molecule has 7 rings (SSSR count). The first-order valence-electron chi connectivity index (χ1n) is 11.1. The molecular formula is C21H23NNaO8PS. The summed E-state index contributed by atoms with van der Waals surface area (Å²) in [5.74, 6) is -0.456. The van der Waals surface area contributed by atoms with Crippen molar-refractivity contribution < 1.29 is 67.1 Å². The molecular weight excluding hydrogens is 480 g/mol. The third-order valence-electron chi connectivity index (χ3n) is 9.48. The van der Waals surface area contributed by atoms with Crippen LogP contribution >= 0.6 is 19.6 Å². The smallest absolute Gasteiger partial charge is 0.756 e. The molecule has 2 spiro atoms. The summed E-state index contributed by atoms with van der Waals surface area (Å²) in [6.07, 6.45) is 0.366. The van der Waals surface area contributed by atoms with Gasteiger partial charge in [0.25, 0.3) is 7.82 Å². The van der Waals surface area contributed by atoms with E-state index in [4.69, 9.17) is 23.3 Å². The first-order valence-corrected chi connectivity index (χ1v) is 13.4. The van der Waals surface area contributed by atoms with Gasteiger partial charge in [-0.05, 0) is 48.4 Å². The average molecular weight is 503 g/mol. The predicted molar refractivity (Wildman–Crippen MR) is 107 cm³/mol. The Labute approximate surface area is 217 Å². The monoisotopic (exact) mass is 503 g/mol. The first-order chi connectivity index (χ1) is 15.1. The second kappa shape index (κ2) is 6.69. The number of carbonyl (C=O) groups is 1. The molecule has 0 N–H and O–H groups in total. The minimum atomic E-state index is -4.58. The van der Waals surface area contributed by atoms with Gasteiger partial charge in [0, 0.05) is 11.0 Å². The molecule has 2 saturated carbocycles. The quantitative estimate of drug-likeness (QED) is 0.149. The third kappa shape index (κ3) is 2.35. The van der Waals surface area contributed by atoms with Crippen molar-refractivity contribution in [2.75, 3.05) is 6.61 Å². The van der Waals surface area contributed by atoms with Crippen molar-refractivity contribution in [2.45, 2.75) is 80.4 Å². The molecule has 3 aliphatic carbocycles. The molecule has 0 aromatic heterocycles. The van der Waals surface area contributed by atoms with Crippen molar-refractivity contribution in [3.63, 3.8) is 0 Å². The molecule has 4 aliphatic heterocycles. The Morgan fingerprint density at radius 2 is 2.09 bits per heavy atom. The van der Waals surface area contributed by atoms with Crippen LogP contribution in [0.25, 0.3) is 0 Å². The minimum absolute atomic E-state index is 0. The number of phosphoric ester groups is 1. The summed E-state index contributed by atoms with van der Waals surface area (Å²) >= 11 is 1.00. The van der Waals surface area contributed by atoms with Crippen LogP contribution in [0.2, 0.25) is 0 Å². The van der Waals surface area contributed by atoms with E-state index in [1.165, 1.54) is 0 Å². The van der Waals surface area contributed by atoms with Crippen molar-refractivity contribution in [3.05, 3.63) is 11.1 Å². The minimum Gasteiger partial charge on any atom is -0.756 e. The van der Waals surface area contributed by atoms with Gasteiger partial charge in [0.15, 0.2) is 5.60 Å². The number of thioether (sulfide) groups is 1. The molecule has 0 aromatic carbocycles. The molecule has 0 radical (unpaired) electrons. The SMILES string of the molecule is CC(C)C12OP(=O)([O-])O[C@H]1[C@]13O[C@H]1CC1C4=C(CC[C@]1(C)[C@@]31O[C@@H]1[C@H]2SC#N)C(=O)OC4.[Na+]. The summed E-state index contributed by atoms with van der Waals surface area (Å²) < 4.78 is 42.5. The van der Waals surface area contributed by atoms with Gasteiger partial charge in [-0.25, -0.2) is 4.79 Å². The van der Waals surface area contributed by atoms with Gasteiger partial charge in [-0.3, -0.25) is 4.57 Å². The molecule has 33 heavy (non-hydrogen) atoms. The van der Waals surface area contributed by atoms with Gasteiger partial charge in [-0.2, -0.15) is 5.26 Å². The number of cyclic esters (lactones) is 1. The molecule has 4 heterocycles. The number of hydrogen-bond donors (Lipinski definition) is 0. The van der Waals surface area contributed by atoms with E-state index in [-0.39, 0.29) is 53.5 Å². The van der Waals surface area contributed by atoms with Crippen molar-refractivity contribution >= 4 is 25.6 Å². The number of ether oxygens (including phenoxy) is 3.